The molecular weight excluding hydrogens is 230 g/mol. The molecule has 18 heavy (non-hydrogen) atoms. The van der Waals surface area contributed by atoms with E-state index in [0.717, 1.165) is 12.8 Å². The molecule has 1 saturated heterocycles. The van der Waals surface area contributed by atoms with Crippen LogP contribution in [0.15, 0.2) is 0 Å². The molecule has 104 valence electrons. The second kappa shape index (κ2) is 5.29. The number of ether oxygens (including phenoxy) is 1. The minimum absolute atomic E-state index is 0.260. The lowest BCUT2D eigenvalue weighted by Gasteiger charge is -2.26. The maximum absolute atomic E-state index is 12.0. The molecule has 1 unspecified atom stereocenters. The summed E-state index contributed by atoms with van der Waals surface area (Å²) in [6.45, 7) is 10.6. The molecule has 4 heteroatoms. The van der Waals surface area contributed by atoms with E-state index < -0.39 is 5.60 Å². The van der Waals surface area contributed by atoms with Crippen LogP contribution in [0.1, 0.15) is 53.9 Å². The number of amides is 1. The zero-order valence-electron chi connectivity index (χ0n) is 12.2. The molecule has 1 atom stereocenters. The lowest BCUT2D eigenvalue weighted by molar-refractivity contribution is -0.127. The molecule has 0 aromatic rings. The second-order valence-electron chi connectivity index (χ2n) is 6.39. The number of hydrogen-bond acceptors (Lipinski definition) is 3. The average Bonchev–Trinajstić information content (AvgIpc) is 2.60. The summed E-state index contributed by atoms with van der Waals surface area (Å²) in [4.78, 5) is 25.6. The molecule has 0 saturated carbocycles. The fourth-order valence-electron chi connectivity index (χ4n) is 2.20. The number of carbonyl (C=O) groups is 2. The van der Waals surface area contributed by atoms with Gasteiger partial charge in [0.1, 0.15) is 11.4 Å². The normalized spacial score (nSPS) is 24.2. The van der Waals surface area contributed by atoms with Crippen LogP contribution in [0.25, 0.3) is 0 Å². The predicted octanol–water partition coefficient (Wildman–Crippen LogP) is 3.00. The highest BCUT2D eigenvalue weighted by molar-refractivity contribution is 5.86. The van der Waals surface area contributed by atoms with Gasteiger partial charge in [0.25, 0.3) is 0 Å². The second-order valence-corrected chi connectivity index (χ2v) is 6.39. The maximum atomic E-state index is 12.0. The Balaban J connectivity index is 2.60. The number of hydrogen-bond donors (Lipinski definition) is 0. The average molecular weight is 255 g/mol. The van der Waals surface area contributed by atoms with Crippen LogP contribution in [0, 0.1) is 5.41 Å². The highest BCUT2D eigenvalue weighted by Gasteiger charge is 2.42. The van der Waals surface area contributed by atoms with E-state index >= 15 is 0 Å². The van der Waals surface area contributed by atoms with Gasteiger partial charge in [-0.2, -0.15) is 0 Å². The Hall–Kier alpha value is -1.06. The van der Waals surface area contributed by atoms with Crippen LogP contribution in [0.2, 0.25) is 0 Å². The van der Waals surface area contributed by atoms with E-state index in [4.69, 9.17) is 4.74 Å². The Morgan fingerprint density at radius 2 is 1.94 bits per heavy atom. The van der Waals surface area contributed by atoms with Crippen LogP contribution in [0.5, 0.6) is 0 Å². The molecule has 1 aliphatic heterocycles. The quantitative estimate of drug-likeness (QED) is 0.778. The predicted molar refractivity (Wildman–Crippen MR) is 70.4 cm³/mol. The molecule has 0 bridgehead atoms. The Kier molecular flexibility index (Phi) is 4.41. The van der Waals surface area contributed by atoms with Gasteiger partial charge < -0.3 is 9.64 Å². The number of likely N-dealkylation sites (tertiary alicyclic amines) is 1. The highest BCUT2D eigenvalue weighted by Crippen LogP contribution is 2.33. The van der Waals surface area contributed by atoms with Crippen molar-refractivity contribution in [3.05, 3.63) is 0 Å². The van der Waals surface area contributed by atoms with E-state index in [0.29, 0.717) is 19.5 Å². The molecule has 1 fully saturated rings. The Bertz CT molecular complexity index is 332. The lowest BCUT2D eigenvalue weighted by atomic mass is 9.83. The van der Waals surface area contributed by atoms with Crippen LogP contribution in [0.3, 0.4) is 0 Å². The lowest BCUT2D eigenvalue weighted by Crippen LogP contribution is -2.38. The minimum Gasteiger partial charge on any atom is -0.444 e. The van der Waals surface area contributed by atoms with Gasteiger partial charge >= 0.3 is 6.09 Å². The Morgan fingerprint density at radius 3 is 2.44 bits per heavy atom. The fourth-order valence-corrected chi connectivity index (χ4v) is 2.20. The van der Waals surface area contributed by atoms with Gasteiger partial charge in [-0.3, -0.25) is 4.79 Å². The van der Waals surface area contributed by atoms with E-state index in [1.807, 2.05) is 34.6 Å². The first-order chi connectivity index (χ1) is 8.18. The summed E-state index contributed by atoms with van der Waals surface area (Å²) in [6, 6.07) is 0. The van der Waals surface area contributed by atoms with Crippen molar-refractivity contribution in [2.24, 2.45) is 5.41 Å². The van der Waals surface area contributed by atoms with Gasteiger partial charge in [-0.25, -0.2) is 4.79 Å². The zero-order valence-corrected chi connectivity index (χ0v) is 12.2. The van der Waals surface area contributed by atoms with Gasteiger partial charge in [0, 0.05) is 24.9 Å². The number of ketones is 1. The van der Waals surface area contributed by atoms with Crippen molar-refractivity contribution in [3.63, 3.8) is 0 Å². The number of nitrogens with zero attached hydrogens (tertiary/aromatic N) is 1. The molecule has 1 heterocycles. The molecular formula is C14H25NO3. The smallest absolute Gasteiger partial charge is 0.410 e. The van der Waals surface area contributed by atoms with Gasteiger partial charge in [-0.05, 0) is 33.6 Å². The fraction of sp³-hybridized carbons (Fsp3) is 0.857. The summed E-state index contributed by atoms with van der Waals surface area (Å²) in [7, 11) is 0. The van der Waals surface area contributed by atoms with E-state index in [1.165, 1.54) is 0 Å². The third kappa shape index (κ3) is 3.72. The summed E-state index contributed by atoms with van der Waals surface area (Å²) in [5, 5.41) is 0. The van der Waals surface area contributed by atoms with Crippen LogP contribution in [-0.2, 0) is 9.53 Å². The van der Waals surface area contributed by atoms with Crippen LogP contribution in [0.4, 0.5) is 4.79 Å². The first-order valence-electron chi connectivity index (χ1n) is 6.69. The molecule has 4 nitrogen and oxygen atoms in total. The SMILES string of the molecule is CCCC(=O)C1(C)CCN(C(=O)OC(C)(C)C)C1. The van der Waals surface area contributed by atoms with Gasteiger partial charge in [0.15, 0.2) is 0 Å². The van der Waals surface area contributed by atoms with Gasteiger partial charge in [0.2, 0.25) is 0 Å². The van der Waals surface area contributed by atoms with Crippen molar-refractivity contribution >= 4 is 11.9 Å². The van der Waals surface area contributed by atoms with Crippen molar-refractivity contribution in [2.75, 3.05) is 13.1 Å². The van der Waals surface area contributed by atoms with Crippen molar-refractivity contribution in [3.8, 4) is 0 Å². The van der Waals surface area contributed by atoms with Crippen LogP contribution in [-0.4, -0.2) is 35.5 Å². The molecule has 0 spiro atoms. The molecule has 0 N–H and O–H groups in total. The van der Waals surface area contributed by atoms with E-state index in [-0.39, 0.29) is 17.3 Å². The van der Waals surface area contributed by atoms with E-state index in [9.17, 15) is 9.59 Å². The van der Waals surface area contributed by atoms with Gasteiger partial charge in [0.05, 0.1) is 0 Å². The van der Waals surface area contributed by atoms with Crippen molar-refractivity contribution in [1.29, 1.82) is 0 Å². The summed E-state index contributed by atoms with van der Waals surface area (Å²) < 4.78 is 5.33. The van der Waals surface area contributed by atoms with Crippen molar-refractivity contribution < 1.29 is 14.3 Å². The summed E-state index contributed by atoms with van der Waals surface area (Å²) in [6.07, 6.45) is 1.89. The molecule has 0 radical (unpaired) electrons. The summed E-state index contributed by atoms with van der Waals surface area (Å²) >= 11 is 0. The number of carbonyl (C=O) groups excluding carboxylic acids is 2. The zero-order chi connectivity index (χ0) is 14.0. The molecule has 0 aromatic heterocycles. The first kappa shape index (κ1) is 15.0. The third-order valence-electron chi connectivity index (χ3n) is 3.28. The maximum Gasteiger partial charge on any atom is 0.410 e. The molecule has 0 aromatic carbocycles. The van der Waals surface area contributed by atoms with E-state index in [2.05, 4.69) is 0 Å². The topological polar surface area (TPSA) is 46.6 Å². The standard InChI is InChI=1S/C14H25NO3/c1-6-7-11(16)14(5)8-9-15(10-14)12(17)18-13(2,3)4/h6-10H2,1-5H3. The highest BCUT2D eigenvalue weighted by atomic mass is 16.6. The first-order valence-corrected chi connectivity index (χ1v) is 6.69. The Morgan fingerprint density at radius 1 is 1.33 bits per heavy atom. The van der Waals surface area contributed by atoms with Crippen molar-refractivity contribution in [1.82, 2.24) is 4.90 Å². The Labute approximate surface area is 110 Å². The number of rotatable bonds is 3. The molecule has 0 aliphatic carbocycles. The number of Topliss-reactive ketones (excluding diaryl/α,β-unsaturated/α-hetero) is 1. The minimum atomic E-state index is -0.483. The monoisotopic (exact) mass is 255 g/mol. The molecule has 1 amide bonds. The van der Waals surface area contributed by atoms with Crippen molar-refractivity contribution in [2.45, 2.75) is 59.5 Å². The summed E-state index contributed by atoms with van der Waals surface area (Å²) in [5.74, 6) is 0.260. The van der Waals surface area contributed by atoms with Crippen LogP contribution >= 0.6 is 0 Å². The van der Waals surface area contributed by atoms with E-state index in [1.54, 1.807) is 4.90 Å². The molecule has 1 aliphatic rings. The summed E-state index contributed by atoms with van der Waals surface area (Å²) in [5.41, 5.74) is -0.865. The van der Waals surface area contributed by atoms with Crippen LogP contribution < -0.4 is 0 Å². The largest absolute Gasteiger partial charge is 0.444 e. The van der Waals surface area contributed by atoms with Gasteiger partial charge in [-0.1, -0.05) is 13.8 Å². The van der Waals surface area contributed by atoms with Gasteiger partial charge in [-0.15, -0.1) is 0 Å². The third-order valence-corrected chi connectivity index (χ3v) is 3.28. The molecule has 1 rings (SSSR count).